The maximum atomic E-state index is 11.0. The van der Waals surface area contributed by atoms with E-state index in [-0.39, 0.29) is 10.9 Å². The summed E-state index contributed by atoms with van der Waals surface area (Å²) in [5, 5.41) is 9.86. The van der Waals surface area contributed by atoms with Crippen LogP contribution >= 0.6 is 23.4 Å². The second kappa shape index (κ2) is 6.40. The number of carbonyl (C=O) groups is 1. The first-order chi connectivity index (χ1) is 7.61. The van der Waals surface area contributed by atoms with E-state index in [0.717, 1.165) is 17.3 Å². The lowest BCUT2D eigenvalue weighted by Gasteiger charge is -1.94. The molecule has 0 atom stereocenters. The van der Waals surface area contributed by atoms with E-state index in [0.29, 0.717) is 5.02 Å². The first kappa shape index (κ1) is 12.9. The van der Waals surface area contributed by atoms with Crippen LogP contribution in [-0.2, 0) is 4.79 Å². The molecule has 0 unspecified atom stereocenters. The Balaban J connectivity index is 2.70. The third kappa shape index (κ3) is 4.55. The molecule has 16 heavy (non-hydrogen) atoms. The van der Waals surface area contributed by atoms with Crippen molar-refractivity contribution in [2.24, 2.45) is 0 Å². The average molecular weight is 255 g/mol. The Hall–Kier alpha value is -1.19. The number of halogens is 1. The number of rotatable bonds is 3. The van der Waals surface area contributed by atoms with Crippen molar-refractivity contribution in [1.82, 2.24) is 0 Å². The molecule has 0 heterocycles. The summed E-state index contributed by atoms with van der Waals surface area (Å²) in [5.74, 6) is -0.0608. The molecule has 1 aromatic rings. The van der Waals surface area contributed by atoms with Crippen molar-refractivity contribution in [2.45, 2.75) is 0 Å². The molecule has 2 nitrogen and oxygen atoms in total. The predicted molar refractivity (Wildman–Crippen MR) is 69.7 cm³/mol. The molecule has 1 rings (SSSR count). The number of thioether (sulfide) groups is 1. The summed E-state index contributed by atoms with van der Waals surface area (Å²) in [4.78, 5) is 11.0. The molecule has 1 aromatic carbocycles. The van der Waals surface area contributed by atoms with Gasteiger partial charge in [-0.15, -0.1) is 0 Å². The van der Waals surface area contributed by atoms with Crippen LogP contribution < -0.4 is 0 Å². The number of aliphatic hydroxyl groups is 1. The Morgan fingerprint density at radius 1 is 1.38 bits per heavy atom. The van der Waals surface area contributed by atoms with Crippen molar-refractivity contribution < 1.29 is 9.90 Å². The van der Waals surface area contributed by atoms with Gasteiger partial charge in [0.15, 0.2) is 0 Å². The van der Waals surface area contributed by atoms with Crippen molar-refractivity contribution >= 4 is 34.6 Å². The van der Waals surface area contributed by atoms with Gasteiger partial charge < -0.3 is 5.11 Å². The largest absolute Gasteiger partial charge is 0.508 e. The molecule has 0 saturated heterocycles. The summed E-state index contributed by atoms with van der Waals surface area (Å²) in [7, 11) is 0. The lowest BCUT2D eigenvalue weighted by atomic mass is 10.2. The zero-order valence-corrected chi connectivity index (χ0v) is 10.3. The molecule has 1 N–H and O–H groups in total. The lowest BCUT2D eigenvalue weighted by molar-refractivity contribution is -0.107. The van der Waals surface area contributed by atoms with E-state index in [9.17, 15) is 9.90 Å². The van der Waals surface area contributed by atoms with E-state index in [4.69, 9.17) is 11.6 Å². The fourth-order valence-corrected chi connectivity index (χ4v) is 1.35. The number of hydrogen-bond donors (Lipinski definition) is 1. The highest BCUT2D eigenvalue weighted by Crippen LogP contribution is 2.11. The van der Waals surface area contributed by atoms with Gasteiger partial charge in [-0.05, 0) is 30.0 Å². The van der Waals surface area contributed by atoms with E-state index in [2.05, 4.69) is 0 Å². The highest BCUT2D eigenvalue weighted by Gasteiger charge is 1.95. The van der Waals surface area contributed by atoms with Gasteiger partial charge >= 0.3 is 0 Å². The van der Waals surface area contributed by atoms with E-state index in [1.807, 2.05) is 12.1 Å². The molecule has 0 fully saturated rings. The Labute approximate surface area is 104 Å². The van der Waals surface area contributed by atoms with E-state index in [1.165, 1.54) is 12.2 Å². The second-order valence-electron chi connectivity index (χ2n) is 2.98. The van der Waals surface area contributed by atoms with Crippen LogP contribution in [0.5, 0.6) is 0 Å². The summed E-state index contributed by atoms with van der Waals surface area (Å²) in [5.41, 5.74) is 0.904. The first-order valence-corrected chi connectivity index (χ1v) is 6.14. The van der Waals surface area contributed by atoms with Gasteiger partial charge in [-0.25, -0.2) is 0 Å². The fraction of sp³-hybridized carbons (Fsp3) is 0.0833. The van der Waals surface area contributed by atoms with Gasteiger partial charge in [-0.2, -0.15) is 0 Å². The van der Waals surface area contributed by atoms with Crippen molar-refractivity contribution in [3.8, 4) is 0 Å². The van der Waals surface area contributed by atoms with Crippen LogP contribution in [0, 0.1) is 0 Å². The minimum atomic E-state index is -0.182. The van der Waals surface area contributed by atoms with Crippen LogP contribution in [0.4, 0.5) is 0 Å². The number of allylic oxidation sites excluding steroid dienone is 1. The number of aliphatic hydroxyl groups excluding tert-OH is 1. The quantitative estimate of drug-likeness (QED) is 0.508. The molecule has 0 radical (unpaired) electrons. The normalized spacial score (nSPS) is 12.0. The maximum Gasteiger partial charge on any atom is 0.215 e. The fourth-order valence-electron chi connectivity index (χ4n) is 0.983. The Morgan fingerprint density at radius 3 is 2.56 bits per heavy atom. The second-order valence-corrected chi connectivity index (χ2v) is 4.22. The average Bonchev–Trinajstić information content (AvgIpc) is 2.28. The summed E-state index contributed by atoms with van der Waals surface area (Å²) >= 11 is 6.78. The smallest absolute Gasteiger partial charge is 0.215 e. The van der Waals surface area contributed by atoms with Crippen molar-refractivity contribution in [3.63, 3.8) is 0 Å². The van der Waals surface area contributed by atoms with Crippen LogP contribution in [0.25, 0.3) is 6.08 Å². The Bertz CT molecular complexity index is 421. The van der Waals surface area contributed by atoms with Gasteiger partial charge in [-0.3, -0.25) is 4.79 Å². The molecule has 0 amide bonds. The molecule has 0 aliphatic rings. The first-order valence-electron chi connectivity index (χ1n) is 4.54. The van der Waals surface area contributed by atoms with Gasteiger partial charge in [0.2, 0.25) is 5.12 Å². The summed E-state index contributed by atoms with van der Waals surface area (Å²) in [6, 6.07) is 7.16. The van der Waals surface area contributed by atoms with Crippen LogP contribution in [0.15, 0.2) is 42.2 Å². The van der Waals surface area contributed by atoms with Crippen molar-refractivity contribution in [2.75, 3.05) is 6.26 Å². The predicted octanol–water partition coefficient (Wildman–Crippen LogP) is 3.68. The lowest BCUT2D eigenvalue weighted by Crippen LogP contribution is -1.85. The molecular formula is C12H11ClO2S. The minimum absolute atomic E-state index is 0.0608. The summed E-state index contributed by atoms with van der Waals surface area (Å²) in [6.45, 7) is 0. The zero-order valence-electron chi connectivity index (χ0n) is 8.68. The van der Waals surface area contributed by atoms with Crippen LogP contribution in [0.3, 0.4) is 0 Å². The number of benzene rings is 1. The van der Waals surface area contributed by atoms with E-state index >= 15 is 0 Å². The summed E-state index contributed by atoms with van der Waals surface area (Å²) < 4.78 is 0. The molecular weight excluding hydrogens is 244 g/mol. The summed E-state index contributed by atoms with van der Waals surface area (Å²) in [6.07, 6.45) is 6.01. The molecule has 0 saturated carbocycles. The topological polar surface area (TPSA) is 37.3 Å². The zero-order chi connectivity index (χ0) is 12.0. The molecule has 0 aromatic heterocycles. The molecule has 0 bridgehead atoms. The van der Waals surface area contributed by atoms with Crippen molar-refractivity contribution in [1.29, 1.82) is 0 Å². The molecule has 0 spiro atoms. The SMILES string of the molecule is CSC(=O)/C=C(O)/C=C/c1ccc(Cl)cc1. The monoisotopic (exact) mass is 254 g/mol. The molecule has 0 aliphatic carbocycles. The van der Waals surface area contributed by atoms with Gasteiger partial charge in [0.05, 0.1) is 0 Å². The van der Waals surface area contributed by atoms with Gasteiger partial charge in [-0.1, -0.05) is 41.6 Å². The molecule has 84 valence electrons. The van der Waals surface area contributed by atoms with E-state index in [1.54, 1.807) is 24.5 Å². The van der Waals surface area contributed by atoms with Crippen LogP contribution in [0.2, 0.25) is 5.02 Å². The number of carbonyl (C=O) groups excluding carboxylic acids is 1. The van der Waals surface area contributed by atoms with Gasteiger partial charge in [0.1, 0.15) is 5.76 Å². The highest BCUT2D eigenvalue weighted by molar-refractivity contribution is 8.13. The maximum absolute atomic E-state index is 11.0. The third-order valence-corrected chi connectivity index (χ3v) is 2.56. The van der Waals surface area contributed by atoms with E-state index < -0.39 is 0 Å². The Morgan fingerprint density at radius 2 is 2.00 bits per heavy atom. The minimum Gasteiger partial charge on any atom is -0.508 e. The highest BCUT2D eigenvalue weighted by atomic mass is 35.5. The Kier molecular flexibility index (Phi) is 5.15. The van der Waals surface area contributed by atoms with Crippen LogP contribution in [-0.4, -0.2) is 16.5 Å². The molecule has 4 heteroatoms. The van der Waals surface area contributed by atoms with Crippen LogP contribution in [0.1, 0.15) is 5.56 Å². The molecule has 0 aliphatic heterocycles. The standard InChI is InChI=1S/C12H11ClO2S/c1-16-12(15)8-11(14)7-4-9-2-5-10(13)6-3-9/h2-8,14H,1H3/b7-4+,11-8-. The number of hydrogen-bond acceptors (Lipinski definition) is 3. The van der Waals surface area contributed by atoms with Crippen molar-refractivity contribution in [3.05, 3.63) is 52.8 Å². The van der Waals surface area contributed by atoms with Gasteiger partial charge in [0, 0.05) is 11.1 Å². The van der Waals surface area contributed by atoms with Gasteiger partial charge in [0.25, 0.3) is 0 Å². The third-order valence-electron chi connectivity index (χ3n) is 1.78.